The summed E-state index contributed by atoms with van der Waals surface area (Å²) in [6, 6.07) is 10.7. The number of nitrogens with two attached hydrogens (primary N) is 1. The van der Waals surface area contributed by atoms with Crippen LogP contribution in [0.15, 0.2) is 30.3 Å². The largest absolute Gasteiger partial charge is 0.341 e. The third-order valence-corrected chi connectivity index (χ3v) is 4.32. The van der Waals surface area contributed by atoms with E-state index in [1.54, 1.807) is 13.8 Å². The van der Waals surface area contributed by atoms with Gasteiger partial charge < -0.3 is 10.6 Å². The van der Waals surface area contributed by atoms with E-state index in [1.807, 2.05) is 4.90 Å². The van der Waals surface area contributed by atoms with Crippen molar-refractivity contribution in [1.29, 1.82) is 0 Å². The molecular formula is C17H26N2O. The fourth-order valence-electron chi connectivity index (χ4n) is 3.18. The van der Waals surface area contributed by atoms with Gasteiger partial charge in [-0.3, -0.25) is 4.79 Å². The molecule has 0 saturated carbocycles. The summed E-state index contributed by atoms with van der Waals surface area (Å²) in [7, 11) is 0. The first-order valence-corrected chi connectivity index (χ1v) is 7.56. The molecule has 0 spiro atoms. The summed E-state index contributed by atoms with van der Waals surface area (Å²) in [5.41, 5.74) is 6.59. The van der Waals surface area contributed by atoms with Crippen molar-refractivity contribution in [2.75, 3.05) is 13.1 Å². The van der Waals surface area contributed by atoms with Gasteiger partial charge in [-0.25, -0.2) is 0 Å². The number of carbonyl (C=O) groups is 1. The lowest BCUT2D eigenvalue weighted by Crippen LogP contribution is -2.54. The lowest BCUT2D eigenvalue weighted by atomic mass is 9.79. The summed E-state index contributed by atoms with van der Waals surface area (Å²) in [5.74, 6) is 1.16. The van der Waals surface area contributed by atoms with E-state index in [9.17, 15) is 4.79 Å². The maximum absolute atomic E-state index is 12.3. The van der Waals surface area contributed by atoms with Crippen LogP contribution in [0.25, 0.3) is 0 Å². The van der Waals surface area contributed by atoms with Crippen molar-refractivity contribution in [2.45, 2.75) is 45.1 Å². The van der Waals surface area contributed by atoms with Gasteiger partial charge in [-0.15, -0.1) is 0 Å². The summed E-state index contributed by atoms with van der Waals surface area (Å²) >= 11 is 0. The summed E-state index contributed by atoms with van der Waals surface area (Å²) in [5, 5.41) is 0. The Hall–Kier alpha value is -1.35. The summed E-state index contributed by atoms with van der Waals surface area (Å²) < 4.78 is 0. The van der Waals surface area contributed by atoms with Crippen LogP contribution < -0.4 is 5.73 Å². The first-order valence-electron chi connectivity index (χ1n) is 7.56. The second-order valence-electron chi connectivity index (χ2n) is 6.45. The van der Waals surface area contributed by atoms with Gasteiger partial charge in [0, 0.05) is 13.1 Å². The van der Waals surface area contributed by atoms with Crippen LogP contribution in [0.3, 0.4) is 0 Å². The van der Waals surface area contributed by atoms with Gasteiger partial charge in [0.15, 0.2) is 0 Å². The monoisotopic (exact) mass is 274 g/mol. The van der Waals surface area contributed by atoms with Crippen molar-refractivity contribution in [3.63, 3.8) is 0 Å². The molecule has 2 rings (SSSR count). The molecule has 1 aliphatic heterocycles. The van der Waals surface area contributed by atoms with Crippen LogP contribution in [0.2, 0.25) is 0 Å². The molecule has 0 aliphatic carbocycles. The number of rotatable bonds is 3. The Morgan fingerprint density at radius 2 is 2.00 bits per heavy atom. The smallest absolute Gasteiger partial charge is 0.242 e. The molecule has 1 amide bonds. The van der Waals surface area contributed by atoms with Gasteiger partial charge in [-0.05, 0) is 37.7 Å². The number of piperidine rings is 1. The van der Waals surface area contributed by atoms with Crippen LogP contribution in [-0.2, 0) is 4.79 Å². The fourth-order valence-corrected chi connectivity index (χ4v) is 3.18. The van der Waals surface area contributed by atoms with Gasteiger partial charge in [-0.2, -0.15) is 0 Å². The third-order valence-electron chi connectivity index (χ3n) is 4.32. The highest BCUT2D eigenvalue weighted by Crippen LogP contribution is 2.35. The molecule has 1 saturated heterocycles. The molecule has 3 nitrogen and oxygen atoms in total. The Morgan fingerprint density at radius 1 is 1.35 bits per heavy atom. The van der Waals surface area contributed by atoms with Gasteiger partial charge >= 0.3 is 0 Å². The Labute approximate surface area is 122 Å². The number of likely N-dealkylation sites (tertiary alicyclic amines) is 1. The first-order chi connectivity index (χ1) is 9.43. The minimum absolute atomic E-state index is 0.0717. The second-order valence-corrected chi connectivity index (χ2v) is 6.45. The van der Waals surface area contributed by atoms with Gasteiger partial charge in [0.25, 0.3) is 0 Å². The summed E-state index contributed by atoms with van der Waals surface area (Å²) in [4.78, 5) is 14.3. The van der Waals surface area contributed by atoms with Crippen molar-refractivity contribution < 1.29 is 4.79 Å². The molecule has 0 radical (unpaired) electrons. The number of hydrogen-bond donors (Lipinski definition) is 1. The third kappa shape index (κ3) is 3.21. The normalized spacial score (nSPS) is 23.7. The van der Waals surface area contributed by atoms with Crippen molar-refractivity contribution in [1.82, 2.24) is 4.90 Å². The number of benzene rings is 1. The fraction of sp³-hybridized carbons (Fsp3) is 0.588. The molecule has 2 N–H and O–H groups in total. The Bertz CT molecular complexity index is 450. The molecule has 1 heterocycles. The van der Waals surface area contributed by atoms with Crippen LogP contribution in [0.4, 0.5) is 0 Å². The van der Waals surface area contributed by atoms with Crippen molar-refractivity contribution >= 4 is 5.91 Å². The predicted octanol–water partition coefficient (Wildman–Crippen LogP) is 2.77. The van der Waals surface area contributed by atoms with Gasteiger partial charge in [0.2, 0.25) is 5.91 Å². The van der Waals surface area contributed by atoms with E-state index in [2.05, 4.69) is 37.3 Å². The average Bonchev–Trinajstić information content (AvgIpc) is 2.45. The highest BCUT2D eigenvalue weighted by molar-refractivity contribution is 5.85. The highest BCUT2D eigenvalue weighted by Gasteiger charge is 2.35. The maximum Gasteiger partial charge on any atom is 0.242 e. The lowest BCUT2D eigenvalue weighted by molar-refractivity contribution is -0.138. The van der Waals surface area contributed by atoms with Gasteiger partial charge in [-0.1, -0.05) is 43.7 Å². The standard InChI is InChI=1S/C17H26N2O/c1-4-13-12-19(16(20)17(2,3)18)11-10-15(13)14-8-6-5-7-9-14/h5-9,13,15H,4,10-12,18H2,1-3H3. The van der Waals surface area contributed by atoms with E-state index in [-0.39, 0.29) is 5.91 Å². The Kier molecular flexibility index (Phi) is 4.48. The van der Waals surface area contributed by atoms with Crippen LogP contribution in [0.1, 0.15) is 45.1 Å². The first kappa shape index (κ1) is 15.0. The molecular weight excluding hydrogens is 248 g/mol. The summed E-state index contributed by atoms with van der Waals surface area (Å²) in [6.07, 6.45) is 2.12. The van der Waals surface area contributed by atoms with Crippen LogP contribution in [-0.4, -0.2) is 29.4 Å². The lowest BCUT2D eigenvalue weighted by Gasteiger charge is -2.40. The molecule has 0 bridgehead atoms. The van der Waals surface area contributed by atoms with E-state index in [0.717, 1.165) is 25.9 Å². The average molecular weight is 274 g/mol. The van der Waals surface area contributed by atoms with Gasteiger partial charge in [0.1, 0.15) is 0 Å². The van der Waals surface area contributed by atoms with Crippen molar-refractivity contribution in [3.05, 3.63) is 35.9 Å². The van der Waals surface area contributed by atoms with E-state index in [4.69, 9.17) is 5.73 Å². The Morgan fingerprint density at radius 3 is 2.55 bits per heavy atom. The number of hydrogen-bond acceptors (Lipinski definition) is 2. The predicted molar refractivity (Wildman–Crippen MR) is 82.4 cm³/mol. The molecule has 1 fully saturated rings. The number of nitrogens with zero attached hydrogens (tertiary/aromatic N) is 1. The van der Waals surface area contributed by atoms with Crippen LogP contribution in [0.5, 0.6) is 0 Å². The van der Waals surface area contributed by atoms with E-state index in [1.165, 1.54) is 5.56 Å². The summed E-state index contributed by atoms with van der Waals surface area (Å²) in [6.45, 7) is 7.44. The van der Waals surface area contributed by atoms with Crippen molar-refractivity contribution in [2.24, 2.45) is 11.7 Å². The molecule has 2 unspecified atom stereocenters. The highest BCUT2D eigenvalue weighted by atomic mass is 16.2. The van der Waals surface area contributed by atoms with Crippen LogP contribution in [0, 0.1) is 5.92 Å². The zero-order valence-corrected chi connectivity index (χ0v) is 12.8. The zero-order valence-electron chi connectivity index (χ0n) is 12.8. The van der Waals surface area contributed by atoms with E-state index >= 15 is 0 Å². The number of amides is 1. The minimum atomic E-state index is -0.766. The van der Waals surface area contributed by atoms with Crippen LogP contribution >= 0.6 is 0 Å². The quantitative estimate of drug-likeness (QED) is 0.921. The molecule has 0 aromatic heterocycles. The molecule has 1 aromatic rings. The maximum atomic E-state index is 12.3. The van der Waals surface area contributed by atoms with E-state index in [0.29, 0.717) is 11.8 Å². The number of carbonyl (C=O) groups excluding carboxylic acids is 1. The molecule has 110 valence electrons. The molecule has 3 heteroatoms. The van der Waals surface area contributed by atoms with Crippen molar-refractivity contribution in [3.8, 4) is 0 Å². The molecule has 1 aromatic carbocycles. The minimum Gasteiger partial charge on any atom is -0.341 e. The van der Waals surface area contributed by atoms with Gasteiger partial charge in [0.05, 0.1) is 5.54 Å². The molecule has 1 aliphatic rings. The SMILES string of the molecule is CCC1CN(C(=O)C(C)(C)N)CCC1c1ccccc1. The Balaban J connectivity index is 2.11. The van der Waals surface area contributed by atoms with E-state index < -0.39 is 5.54 Å². The second kappa shape index (κ2) is 5.96. The topological polar surface area (TPSA) is 46.3 Å². The molecule has 20 heavy (non-hydrogen) atoms. The zero-order chi connectivity index (χ0) is 14.8. The molecule has 2 atom stereocenters.